The highest BCUT2D eigenvalue weighted by Crippen LogP contribution is 2.25. The van der Waals surface area contributed by atoms with Crippen molar-refractivity contribution in [3.05, 3.63) is 65.2 Å². The fraction of sp³-hybridized carbons (Fsp3) is 0.227. The van der Waals surface area contributed by atoms with Gasteiger partial charge in [0.2, 0.25) is 0 Å². The van der Waals surface area contributed by atoms with Crippen LogP contribution >= 0.6 is 11.3 Å². The van der Waals surface area contributed by atoms with Crippen molar-refractivity contribution in [1.29, 1.82) is 0 Å². The molecule has 6 nitrogen and oxygen atoms in total. The molecule has 1 atom stereocenters. The standard InChI is InChI=1S/C22H22N2O4S/c1-14-8-10-16(11-9-14)22-23-17(13-29-22)12-20(25)28-15(2)21(26)24-18-6-4-5-7-19(18)27-3/h4-11,13,15H,12H2,1-3H3,(H,24,26)/t15-/m1/s1. The molecule has 1 amide bonds. The lowest BCUT2D eigenvalue weighted by Gasteiger charge is -2.14. The molecule has 0 spiro atoms. The minimum absolute atomic E-state index is 0.00857. The molecule has 3 rings (SSSR count). The lowest BCUT2D eigenvalue weighted by molar-refractivity contribution is -0.152. The molecule has 2 aromatic carbocycles. The van der Waals surface area contributed by atoms with Crippen molar-refractivity contribution >= 4 is 28.9 Å². The lowest BCUT2D eigenvalue weighted by atomic mass is 10.2. The number of aromatic nitrogens is 1. The number of methoxy groups -OCH3 is 1. The Balaban J connectivity index is 1.56. The highest BCUT2D eigenvalue weighted by molar-refractivity contribution is 7.13. The van der Waals surface area contributed by atoms with Crippen molar-refractivity contribution in [2.75, 3.05) is 12.4 Å². The van der Waals surface area contributed by atoms with E-state index in [1.165, 1.54) is 30.9 Å². The number of para-hydroxylation sites is 2. The fourth-order valence-electron chi connectivity index (χ4n) is 2.64. The zero-order valence-electron chi connectivity index (χ0n) is 16.5. The smallest absolute Gasteiger partial charge is 0.312 e. The Morgan fingerprint density at radius 3 is 2.59 bits per heavy atom. The third-order valence-electron chi connectivity index (χ3n) is 4.22. The van der Waals surface area contributed by atoms with Crippen molar-refractivity contribution < 1.29 is 19.1 Å². The SMILES string of the molecule is COc1ccccc1NC(=O)[C@@H](C)OC(=O)Cc1csc(-c2ccc(C)cc2)n1. The summed E-state index contributed by atoms with van der Waals surface area (Å²) in [6, 6.07) is 15.1. The summed E-state index contributed by atoms with van der Waals surface area (Å²) >= 11 is 1.47. The van der Waals surface area contributed by atoms with Gasteiger partial charge in [0.05, 0.1) is 24.9 Å². The molecule has 150 valence electrons. The number of benzene rings is 2. The molecular weight excluding hydrogens is 388 g/mol. The summed E-state index contributed by atoms with van der Waals surface area (Å²) in [6.45, 7) is 3.56. The number of amides is 1. The molecule has 1 aromatic heterocycles. The number of hydrogen-bond donors (Lipinski definition) is 1. The van der Waals surface area contributed by atoms with E-state index in [-0.39, 0.29) is 6.42 Å². The molecule has 0 saturated carbocycles. The number of nitrogens with zero attached hydrogens (tertiary/aromatic N) is 1. The monoisotopic (exact) mass is 410 g/mol. The third-order valence-corrected chi connectivity index (χ3v) is 5.16. The molecular formula is C22H22N2O4S. The number of carbonyl (C=O) groups excluding carboxylic acids is 2. The molecule has 0 fully saturated rings. The summed E-state index contributed by atoms with van der Waals surface area (Å²) in [6.07, 6.45) is -0.933. The van der Waals surface area contributed by atoms with E-state index in [4.69, 9.17) is 9.47 Å². The third kappa shape index (κ3) is 5.42. The van der Waals surface area contributed by atoms with Gasteiger partial charge < -0.3 is 14.8 Å². The molecule has 29 heavy (non-hydrogen) atoms. The molecule has 1 heterocycles. The molecule has 0 unspecified atom stereocenters. The van der Waals surface area contributed by atoms with Gasteiger partial charge in [-0.15, -0.1) is 11.3 Å². The van der Waals surface area contributed by atoms with Gasteiger partial charge in [-0.1, -0.05) is 42.0 Å². The van der Waals surface area contributed by atoms with Crippen LogP contribution in [0.5, 0.6) is 5.75 Å². The molecule has 1 N–H and O–H groups in total. The number of aryl methyl sites for hydroxylation is 1. The molecule has 3 aromatic rings. The van der Waals surface area contributed by atoms with Crippen LogP contribution in [0.25, 0.3) is 10.6 Å². The fourth-order valence-corrected chi connectivity index (χ4v) is 3.47. The minimum atomic E-state index is -0.942. The van der Waals surface area contributed by atoms with Gasteiger partial charge in [-0.2, -0.15) is 0 Å². The maximum absolute atomic E-state index is 12.3. The average Bonchev–Trinajstić information content (AvgIpc) is 3.17. The predicted octanol–water partition coefficient (Wildman–Crippen LogP) is 4.24. The van der Waals surface area contributed by atoms with Crippen LogP contribution in [-0.4, -0.2) is 30.1 Å². The topological polar surface area (TPSA) is 77.5 Å². The molecule has 0 saturated heterocycles. The lowest BCUT2D eigenvalue weighted by Crippen LogP contribution is -2.30. The minimum Gasteiger partial charge on any atom is -0.495 e. The summed E-state index contributed by atoms with van der Waals surface area (Å²) in [7, 11) is 1.52. The van der Waals surface area contributed by atoms with Crippen LogP contribution in [0.4, 0.5) is 5.69 Å². The largest absolute Gasteiger partial charge is 0.495 e. The van der Waals surface area contributed by atoms with Crippen LogP contribution in [0.2, 0.25) is 0 Å². The second-order valence-electron chi connectivity index (χ2n) is 6.51. The maximum Gasteiger partial charge on any atom is 0.312 e. The van der Waals surface area contributed by atoms with E-state index in [2.05, 4.69) is 10.3 Å². The van der Waals surface area contributed by atoms with Crippen LogP contribution in [0.15, 0.2) is 53.9 Å². The van der Waals surface area contributed by atoms with Crippen LogP contribution in [-0.2, 0) is 20.7 Å². The van der Waals surface area contributed by atoms with Crippen molar-refractivity contribution in [2.45, 2.75) is 26.4 Å². The normalized spacial score (nSPS) is 11.6. The van der Waals surface area contributed by atoms with Crippen LogP contribution in [0.1, 0.15) is 18.2 Å². The number of nitrogens with one attached hydrogen (secondary N) is 1. The number of rotatable bonds is 7. The van der Waals surface area contributed by atoms with Gasteiger partial charge in [0, 0.05) is 10.9 Å². The Morgan fingerprint density at radius 2 is 1.86 bits per heavy atom. The molecule has 0 aliphatic carbocycles. The number of anilines is 1. The van der Waals surface area contributed by atoms with Crippen LogP contribution in [0, 0.1) is 6.92 Å². The Bertz CT molecular complexity index is 998. The molecule has 0 bridgehead atoms. The first kappa shape index (κ1) is 20.5. The van der Waals surface area contributed by atoms with Gasteiger partial charge >= 0.3 is 5.97 Å². The van der Waals surface area contributed by atoms with E-state index < -0.39 is 18.0 Å². The molecule has 0 aliphatic rings. The van der Waals surface area contributed by atoms with Gasteiger partial charge in [-0.3, -0.25) is 9.59 Å². The number of hydrogen-bond acceptors (Lipinski definition) is 6. The first-order valence-corrected chi connectivity index (χ1v) is 9.99. The van der Waals surface area contributed by atoms with Crippen LogP contribution < -0.4 is 10.1 Å². The summed E-state index contributed by atoms with van der Waals surface area (Å²) in [4.78, 5) is 29.1. The Kier molecular flexibility index (Phi) is 6.61. The van der Waals surface area contributed by atoms with Gasteiger partial charge in [0.25, 0.3) is 5.91 Å². The number of thiazole rings is 1. The first-order valence-electron chi connectivity index (χ1n) is 9.11. The van der Waals surface area contributed by atoms with E-state index in [9.17, 15) is 9.59 Å². The summed E-state index contributed by atoms with van der Waals surface area (Å²) < 4.78 is 10.5. The van der Waals surface area contributed by atoms with E-state index in [0.29, 0.717) is 17.1 Å². The summed E-state index contributed by atoms with van der Waals surface area (Å²) in [5, 5.41) is 5.38. The quantitative estimate of drug-likeness (QED) is 0.590. The number of esters is 1. The van der Waals surface area contributed by atoms with E-state index in [1.54, 1.807) is 24.3 Å². The molecule has 0 radical (unpaired) electrons. The first-order chi connectivity index (χ1) is 14.0. The highest BCUT2D eigenvalue weighted by Gasteiger charge is 2.20. The second-order valence-corrected chi connectivity index (χ2v) is 7.37. The zero-order chi connectivity index (χ0) is 20.8. The van der Waals surface area contributed by atoms with E-state index >= 15 is 0 Å². The van der Waals surface area contributed by atoms with E-state index in [1.807, 2.05) is 36.6 Å². The van der Waals surface area contributed by atoms with Crippen molar-refractivity contribution in [2.24, 2.45) is 0 Å². The Hall–Kier alpha value is -3.19. The number of carbonyl (C=O) groups is 2. The summed E-state index contributed by atoms with van der Waals surface area (Å²) in [5.74, 6) is -0.402. The van der Waals surface area contributed by atoms with E-state index in [0.717, 1.165) is 10.6 Å². The van der Waals surface area contributed by atoms with Crippen molar-refractivity contribution in [3.8, 4) is 16.3 Å². The molecule has 7 heteroatoms. The van der Waals surface area contributed by atoms with Gasteiger partial charge in [-0.25, -0.2) is 4.98 Å². The summed E-state index contributed by atoms with van der Waals surface area (Å²) in [5.41, 5.74) is 3.32. The van der Waals surface area contributed by atoms with Crippen molar-refractivity contribution in [1.82, 2.24) is 4.98 Å². The van der Waals surface area contributed by atoms with Gasteiger partial charge in [0.15, 0.2) is 6.10 Å². The van der Waals surface area contributed by atoms with Gasteiger partial charge in [0.1, 0.15) is 10.8 Å². The highest BCUT2D eigenvalue weighted by atomic mass is 32.1. The Morgan fingerprint density at radius 1 is 1.14 bits per heavy atom. The Labute approximate surface area is 173 Å². The molecule has 0 aliphatic heterocycles. The van der Waals surface area contributed by atoms with Crippen molar-refractivity contribution in [3.63, 3.8) is 0 Å². The second kappa shape index (κ2) is 9.34. The predicted molar refractivity (Wildman–Crippen MR) is 113 cm³/mol. The van der Waals surface area contributed by atoms with Crippen LogP contribution in [0.3, 0.4) is 0 Å². The van der Waals surface area contributed by atoms with Gasteiger partial charge in [-0.05, 0) is 26.0 Å². The number of ether oxygens (including phenoxy) is 2. The zero-order valence-corrected chi connectivity index (χ0v) is 17.3. The average molecular weight is 410 g/mol. The maximum atomic E-state index is 12.3.